The molecule has 1 aliphatic heterocycles. The number of aromatic nitrogens is 3. The Bertz CT molecular complexity index is 904. The lowest BCUT2D eigenvalue weighted by molar-refractivity contribution is 0.102. The van der Waals surface area contributed by atoms with Crippen LogP contribution in [0.2, 0.25) is 0 Å². The number of aliphatic imine (C=N–C) groups is 1. The highest BCUT2D eigenvalue weighted by Gasteiger charge is 2.48. The molecule has 4 rings (SSSR count). The molecule has 0 radical (unpaired) electrons. The van der Waals surface area contributed by atoms with Gasteiger partial charge in [0.1, 0.15) is 11.8 Å². The van der Waals surface area contributed by atoms with Crippen molar-refractivity contribution in [2.45, 2.75) is 18.4 Å². The summed E-state index contributed by atoms with van der Waals surface area (Å²) < 4.78 is 24.7. The van der Waals surface area contributed by atoms with Crippen LogP contribution in [-0.2, 0) is 4.74 Å². The van der Waals surface area contributed by atoms with E-state index < -0.39 is 11.9 Å². The molecule has 1 amide bonds. The number of fused-ring (bicyclic) bond motifs is 1. The number of nitrogens with two attached hydrogens (primary N) is 1. The number of carbonyl (C=O) groups excluding carboxylic acids is 1. The maximum atomic E-state index is 14.3. The van der Waals surface area contributed by atoms with Gasteiger partial charge in [0.2, 0.25) is 11.8 Å². The summed E-state index contributed by atoms with van der Waals surface area (Å²) >= 11 is 0. The molecule has 0 spiro atoms. The Morgan fingerprint density at radius 3 is 2.93 bits per heavy atom. The molecule has 140 valence electrons. The van der Waals surface area contributed by atoms with Crippen molar-refractivity contribution in [3.05, 3.63) is 41.9 Å². The van der Waals surface area contributed by atoms with E-state index >= 15 is 0 Å². The van der Waals surface area contributed by atoms with E-state index in [9.17, 15) is 9.18 Å². The van der Waals surface area contributed by atoms with E-state index in [-0.39, 0.29) is 29.7 Å². The van der Waals surface area contributed by atoms with Crippen LogP contribution < -0.4 is 15.8 Å². The summed E-state index contributed by atoms with van der Waals surface area (Å²) in [6, 6.07) is 1.69. The average Bonchev–Trinajstić information content (AvgIpc) is 3.43. The van der Waals surface area contributed by atoms with Gasteiger partial charge in [-0.25, -0.2) is 19.9 Å². The molecule has 0 saturated heterocycles. The second-order valence-electron chi connectivity index (χ2n) is 6.34. The van der Waals surface area contributed by atoms with Crippen molar-refractivity contribution in [2.75, 3.05) is 19.0 Å². The number of pyridine rings is 1. The Morgan fingerprint density at radius 1 is 1.33 bits per heavy atom. The van der Waals surface area contributed by atoms with Gasteiger partial charge in [0.15, 0.2) is 0 Å². The summed E-state index contributed by atoms with van der Waals surface area (Å²) in [6.45, 7) is 0.312. The van der Waals surface area contributed by atoms with Gasteiger partial charge in [-0.05, 0) is 12.5 Å². The molecule has 10 heteroatoms. The van der Waals surface area contributed by atoms with Crippen molar-refractivity contribution in [3.63, 3.8) is 0 Å². The first kappa shape index (κ1) is 17.1. The maximum absolute atomic E-state index is 14.3. The van der Waals surface area contributed by atoms with Crippen LogP contribution in [0.5, 0.6) is 5.88 Å². The van der Waals surface area contributed by atoms with Crippen molar-refractivity contribution in [3.8, 4) is 5.88 Å². The highest BCUT2D eigenvalue weighted by molar-refractivity contribution is 6.02. The Kier molecular flexibility index (Phi) is 4.30. The van der Waals surface area contributed by atoms with Crippen LogP contribution in [0.15, 0.2) is 29.6 Å². The lowest BCUT2D eigenvalue weighted by atomic mass is 9.95. The third kappa shape index (κ3) is 3.50. The van der Waals surface area contributed by atoms with Crippen molar-refractivity contribution in [1.29, 1.82) is 0 Å². The second kappa shape index (κ2) is 6.78. The van der Waals surface area contributed by atoms with Gasteiger partial charge in [-0.2, -0.15) is 4.39 Å². The van der Waals surface area contributed by atoms with Crippen LogP contribution in [0.4, 0.5) is 10.1 Å². The molecule has 1 aliphatic carbocycles. The molecule has 0 aromatic carbocycles. The van der Waals surface area contributed by atoms with E-state index in [0.29, 0.717) is 23.7 Å². The number of carbonyl (C=O) groups is 1. The van der Waals surface area contributed by atoms with Gasteiger partial charge in [0.05, 0.1) is 37.9 Å². The fourth-order valence-corrected chi connectivity index (χ4v) is 3.12. The van der Waals surface area contributed by atoms with Crippen LogP contribution in [0, 0.1) is 11.9 Å². The minimum atomic E-state index is -0.594. The van der Waals surface area contributed by atoms with Gasteiger partial charge in [0, 0.05) is 17.4 Å². The maximum Gasteiger partial charge on any atom is 0.282 e. The molecular formula is C17H17FN6O3. The molecule has 9 nitrogen and oxygen atoms in total. The number of methoxy groups -OCH3 is 1. The number of amidine groups is 1. The first-order chi connectivity index (χ1) is 13.0. The average molecular weight is 372 g/mol. The van der Waals surface area contributed by atoms with Gasteiger partial charge >= 0.3 is 0 Å². The van der Waals surface area contributed by atoms with Gasteiger partial charge in [-0.3, -0.25) is 4.79 Å². The predicted octanol–water partition coefficient (Wildman–Crippen LogP) is 1.09. The molecule has 2 aromatic heterocycles. The topological polar surface area (TPSA) is 125 Å². The normalized spacial score (nSPS) is 23.3. The molecule has 2 aliphatic rings. The quantitative estimate of drug-likeness (QED) is 0.770. The Labute approximate surface area is 153 Å². The monoisotopic (exact) mass is 372 g/mol. The molecule has 3 unspecified atom stereocenters. The molecule has 1 fully saturated rings. The Hall–Kier alpha value is -3.30. The molecular weight excluding hydrogens is 355 g/mol. The number of anilines is 1. The molecule has 3 atom stereocenters. The first-order valence-corrected chi connectivity index (χ1v) is 8.34. The second-order valence-corrected chi connectivity index (χ2v) is 6.34. The summed E-state index contributed by atoms with van der Waals surface area (Å²) in [4.78, 5) is 28.1. The molecule has 3 heterocycles. The zero-order valence-corrected chi connectivity index (χ0v) is 14.4. The third-order valence-electron chi connectivity index (χ3n) is 4.61. The van der Waals surface area contributed by atoms with Crippen molar-refractivity contribution in [1.82, 2.24) is 15.0 Å². The van der Waals surface area contributed by atoms with Gasteiger partial charge < -0.3 is 20.5 Å². The smallest absolute Gasteiger partial charge is 0.282 e. The number of nitrogens with zero attached hydrogens (tertiary/aromatic N) is 4. The van der Waals surface area contributed by atoms with E-state index in [2.05, 4.69) is 25.3 Å². The van der Waals surface area contributed by atoms with Gasteiger partial charge in [0.25, 0.3) is 11.9 Å². The highest BCUT2D eigenvalue weighted by atomic mass is 19.1. The van der Waals surface area contributed by atoms with E-state index in [4.69, 9.17) is 15.2 Å². The van der Waals surface area contributed by atoms with Crippen LogP contribution in [0.3, 0.4) is 0 Å². The number of hydrogen-bond acceptors (Lipinski definition) is 8. The van der Waals surface area contributed by atoms with Crippen molar-refractivity contribution in [2.24, 2.45) is 16.6 Å². The summed E-state index contributed by atoms with van der Waals surface area (Å²) in [7, 11) is 1.45. The summed E-state index contributed by atoms with van der Waals surface area (Å²) in [5.74, 6) is -0.860. The number of rotatable bonds is 4. The van der Waals surface area contributed by atoms with Crippen LogP contribution in [0.25, 0.3) is 0 Å². The van der Waals surface area contributed by atoms with Crippen LogP contribution >= 0.6 is 0 Å². The van der Waals surface area contributed by atoms with E-state index in [0.717, 1.165) is 6.42 Å². The number of amides is 1. The van der Waals surface area contributed by atoms with Crippen molar-refractivity contribution < 1.29 is 18.7 Å². The largest absolute Gasteiger partial charge is 0.480 e. The minimum Gasteiger partial charge on any atom is -0.480 e. The zero-order chi connectivity index (χ0) is 19.0. The number of nitrogens with one attached hydrogen (secondary N) is 1. The Balaban J connectivity index is 1.54. The molecule has 3 N–H and O–H groups in total. The van der Waals surface area contributed by atoms with E-state index in [1.54, 1.807) is 6.07 Å². The van der Waals surface area contributed by atoms with Crippen molar-refractivity contribution >= 4 is 17.6 Å². The van der Waals surface area contributed by atoms with Crippen LogP contribution in [-0.4, -0.2) is 46.6 Å². The fraction of sp³-hybridized carbons (Fsp3) is 0.353. The van der Waals surface area contributed by atoms with E-state index in [1.807, 2.05) is 0 Å². The summed E-state index contributed by atoms with van der Waals surface area (Å²) in [5, 5.41) is 2.65. The molecule has 27 heavy (non-hydrogen) atoms. The standard InChI is InChI=1S/C17H17FN6O3/c1-26-14-7-20-12(6-21-14)16(25)24-8-2-10(15(18)22-4-8)11-5-23-17(19)27-13-3-9(11)13/h2,4,6-7,9,11,13H,3,5H2,1H3,(H2,19,23)(H,24,25). The Morgan fingerprint density at radius 2 is 2.19 bits per heavy atom. The molecule has 2 aromatic rings. The fourth-order valence-electron chi connectivity index (χ4n) is 3.12. The minimum absolute atomic E-state index is 0.0477. The zero-order valence-electron chi connectivity index (χ0n) is 14.4. The number of ether oxygens (including phenoxy) is 2. The third-order valence-corrected chi connectivity index (χ3v) is 4.61. The number of halogens is 1. The highest BCUT2D eigenvalue weighted by Crippen LogP contribution is 2.47. The summed E-state index contributed by atoms with van der Waals surface area (Å²) in [5.41, 5.74) is 6.48. The lowest BCUT2D eigenvalue weighted by Crippen LogP contribution is -2.16. The van der Waals surface area contributed by atoms with Gasteiger partial charge in [-0.15, -0.1) is 0 Å². The van der Waals surface area contributed by atoms with Gasteiger partial charge in [-0.1, -0.05) is 0 Å². The number of hydrogen-bond donors (Lipinski definition) is 2. The first-order valence-electron chi connectivity index (χ1n) is 8.34. The van der Waals surface area contributed by atoms with E-state index in [1.165, 1.54) is 25.7 Å². The SMILES string of the molecule is COc1cnc(C(=O)Nc2cnc(F)c(C3CN=C(N)OC4CC43)c2)cn1. The summed E-state index contributed by atoms with van der Waals surface area (Å²) in [6.07, 6.45) is 4.63. The predicted molar refractivity (Wildman–Crippen MR) is 92.9 cm³/mol. The molecule has 0 bridgehead atoms. The van der Waals surface area contributed by atoms with Crippen LogP contribution in [0.1, 0.15) is 28.4 Å². The lowest BCUT2D eigenvalue weighted by Gasteiger charge is -2.15. The molecule has 1 saturated carbocycles.